The highest BCUT2D eigenvalue weighted by atomic mass is 32.2. The number of aromatic nitrogens is 1. The molecule has 10 heteroatoms. The Morgan fingerprint density at radius 1 is 1.18 bits per heavy atom. The van der Waals surface area contributed by atoms with Gasteiger partial charge in [-0.25, -0.2) is 13.2 Å². The maximum atomic E-state index is 14.0. The number of fused-ring (bicyclic) bond motifs is 1. The molecule has 0 fully saturated rings. The van der Waals surface area contributed by atoms with E-state index in [1.807, 2.05) is 19.9 Å². The number of anilines is 1. The normalized spacial score (nSPS) is 15.4. The van der Waals surface area contributed by atoms with E-state index < -0.39 is 16.0 Å². The summed E-state index contributed by atoms with van der Waals surface area (Å²) in [7, 11) is -2.64. The van der Waals surface area contributed by atoms with Gasteiger partial charge in [-0.15, -0.1) is 0 Å². The first-order chi connectivity index (χ1) is 16.3. The molecule has 0 N–H and O–H groups in total. The number of sulfonamides is 1. The second-order valence-electron chi connectivity index (χ2n) is 7.82. The minimum absolute atomic E-state index is 0.000412. The summed E-state index contributed by atoms with van der Waals surface area (Å²) in [6.07, 6.45) is 0.353. The molecule has 2 aromatic carbocycles. The Morgan fingerprint density at radius 3 is 2.68 bits per heavy atom. The fourth-order valence-corrected chi connectivity index (χ4v) is 5.41. The highest BCUT2D eigenvalue weighted by Gasteiger charge is 2.36. The fourth-order valence-electron chi connectivity index (χ4n) is 3.72. The summed E-state index contributed by atoms with van der Waals surface area (Å²) in [5, 5.41) is 3.74. The van der Waals surface area contributed by atoms with Crippen LogP contribution in [0, 0.1) is 6.92 Å². The Labute approximate surface area is 198 Å². The second-order valence-corrected chi connectivity index (χ2v) is 9.65. The number of aryl methyl sites for hydroxylation is 1. The van der Waals surface area contributed by atoms with Crippen LogP contribution < -0.4 is 13.8 Å². The summed E-state index contributed by atoms with van der Waals surface area (Å²) >= 11 is 0. The summed E-state index contributed by atoms with van der Waals surface area (Å²) in [6.45, 7) is 5.89. The third kappa shape index (κ3) is 4.33. The topological polar surface area (TPSA) is 108 Å². The van der Waals surface area contributed by atoms with Crippen molar-refractivity contribution in [3.63, 3.8) is 0 Å². The summed E-state index contributed by atoms with van der Waals surface area (Å²) < 4.78 is 50.9. The SMILES string of the molecule is CCOC(=O)c1cc(-c2ccc(OC)c(S(=O)(=O)N3CC(CC)Oc4ccc(C)cc43)c2)on1. The summed E-state index contributed by atoms with van der Waals surface area (Å²) in [5.41, 5.74) is 1.81. The van der Waals surface area contributed by atoms with Crippen molar-refractivity contribution in [1.29, 1.82) is 0 Å². The van der Waals surface area contributed by atoms with Crippen molar-refractivity contribution in [3.05, 3.63) is 53.7 Å². The molecule has 1 aliphatic heterocycles. The smallest absolute Gasteiger partial charge is 0.360 e. The number of carbonyl (C=O) groups excluding carboxylic acids is 1. The van der Waals surface area contributed by atoms with Crippen LogP contribution in [0.15, 0.2) is 51.9 Å². The summed E-state index contributed by atoms with van der Waals surface area (Å²) in [5.74, 6) is 0.302. The van der Waals surface area contributed by atoms with Crippen molar-refractivity contribution in [3.8, 4) is 22.8 Å². The molecule has 1 aliphatic rings. The number of hydrogen-bond acceptors (Lipinski definition) is 8. The lowest BCUT2D eigenvalue weighted by Gasteiger charge is -2.35. The quantitative estimate of drug-likeness (QED) is 0.457. The van der Waals surface area contributed by atoms with Gasteiger partial charge >= 0.3 is 5.97 Å². The first-order valence-electron chi connectivity index (χ1n) is 10.9. The molecule has 0 aliphatic carbocycles. The predicted molar refractivity (Wildman–Crippen MR) is 125 cm³/mol. The number of benzene rings is 2. The number of ether oxygens (including phenoxy) is 3. The van der Waals surface area contributed by atoms with Crippen LogP contribution in [-0.4, -0.2) is 45.9 Å². The lowest BCUT2D eigenvalue weighted by Crippen LogP contribution is -2.43. The summed E-state index contributed by atoms with van der Waals surface area (Å²) in [6, 6.07) is 11.5. The molecule has 180 valence electrons. The Morgan fingerprint density at radius 2 is 1.97 bits per heavy atom. The molecule has 1 unspecified atom stereocenters. The van der Waals surface area contributed by atoms with Crippen molar-refractivity contribution < 1.29 is 31.9 Å². The maximum absolute atomic E-state index is 14.0. The standard InChI is InChI=1S/C24H26N2O7S/c1-5-17-14-26(19-11-15(3)7-9-20(19)32-17)34(28,29)23-12-16(8-10-21(23)30-4)22-13-18(25-33-22)24(27)31-6-2/h7-13,17H,5-6,14H2,1-4H3. The highest BCUT2D eigenvalue weighted by Crippen LogP contribution is 2.40. The third-order valence-electron chi connectivity index (χ3n) is 5.51. The van der Waals surface area contributed by atoms with Crippen molar-refractivity contribution in [2.24, 2.45) is 0 Å². The number of methoxy groups -OCH3 is 1. The lowest BCUT2D eigenvalue weighted by atomic mass is 10.1. The molecule has 34 heavy (non-hydrogen) atoms. The average Bonchev–Trinajstić information content (AvgIpc) is 3.33. The van der Waals surface area contributed by atoms with E-state index >= 15 is 0 Å². The number of rotatable bonds is 7. The van der Waals surface area contributed by atoms with E-state index in [-0.39, 0.29) is 41.4 Å². The van der Waals surface area contributed by atoms with Crippen molar-refractivity contribution in [2.45, 2.75) is 38.2 Å². The molecule has 0 bridgehead atoms. The van der Waals surface area contributed by atoms with Crippen LogP contribution in [0.3, 0.4) is 0 Å². The molecule has 0 saturated heterocycles. The fraction of sp³-hybridized carbons (Fsp3) is 0.333. The summed E-state index contributed by atoms with van der Waals surface area (Å²) in [4.78, 5) is 11.9. The van der Waals surface area contributed by atoms with Gasteiger partial charge < -0.3 is 18.7 Å². The molecule has 1 aromatic heterocycles. The van der Waals surface area contributed by atoms with Crippen LogP contribution in [0.2, 0.25) is 0 Å². The van der Waals surface area contributed by atoms with Crippen LogP contribution in [-0.2, 0) is 14.8 Å². The molecule has 3 aromatic rings. The van der Waals surface area contributed by atoms with Crippen LogP contribution in [0.5, 0.6) is 11.5 Å². The van der Waals surface area contributed by atoms with Gasteiger partial charge in [0.1, 0.15) is 22.5 Å². The molecule has 4 rings (SSSR count). The van der Waals surface area contributed by atoms with E-state index in [2.05, 4.69) is 5.16 Å². The van der Waals surface area contributed by atoms with Gasteiger partial charge in [-0.3, -0.25) is 4.31 Å². The van der Waals surface area contributed by atoms with Gasteiger partial charge in [-0.1, -0.05) is 18.1 Å². The zero-order chi connectivity index (χ0) is 24.5. The van der Waals surface area contributed by atoms with Gasteiger partial charge in [0.05, 0.1) is 25.9 Å². The van der Waals surface area contributed by atoms with Crippen molar-refractivity contribution in [1.82, 2.24) is 5.16 Å². The van der Waals surface area contributed by atoms with E-state index in [0.717, 1.165) is 5.56 Å². The number of esters is 1. The Hall–Kier alpha value is -3.53. The molecule has 0 saturated carbocycles. The van der Waals surface area contributed by atoms with Gasteiger partial charge in [-0.2, -0.15) is 0 Å². The molecule has 2 heterocycles. The predicted octanol–water partition coefficient (Wildman–Crippen LogP) is 4.20. The zero-order valence-electron chi connectivity index (χ0n) is 19.4. The lowest BCUT2D eigenvalue weighted by molar-refractivity contribution is 0.0514. The molecule has 0 spiro atoms. The van der Waals surface area contributed by atoms with E-state index in [0.29, 0.717) is 23.4 Å². The molecular formula is C24H26N2O7S. The number of hydrogen-bond donors (Lipinski definition) is 0. The maximum Gasteiger partial charge on any atom is 0.360 e. The highest BCUT2D eigenvalue weighted by molar-refractivity contribution is 7.93. The van der Waals surface area contributed by atoms with Gasteiger partial charge in [0.25, 0.3) is 10.0 Å². The molecule has 0 amide bonds. The van der Waals surface area contributed by atoms with Crippen molar-refractivity contribution in [2.75, 3.05) is 24.6 Å². The molecular weight excluding hydrogens is 460 g/mol. The number of carbonyl (C=O) groups is 1. The Kier molecular flexibility index (Phi) is 6.52. The minimum Gasteiger partial charge on any atom is -0.495 e. The third-order valence-corrected chi connectivity index (χ3v) is 7.31. The largest absolute Gasteiger partial charge is 0.495 e. The minimum atomic E-state index is -4.05. The van der Waals surface area contributed by atoms with Gasteiger partial charge in [0.2, 0.25) is 0 Å². The van der Waals surface area contributed by atoms with Crippen molar-refractivity contribution >= 4 is 21.7 Å². The monoisotopic (exact) mass is 486 g/mol. The molecule has 0 radical (unpaired) electrons. The van der Waals surface area contributed by atoms with E-state index in [4.69, 9.17) is 18.7 Å². The van der Waals surface area contributed by atoms with E-state index in [9.17, 15) is 13.2 Å². The Bertz CT molecular complexity index is 1320. The first-order valence-corrected chi connectivity index (χ1v) is 12.3. The second kappa shape index (κ2) is 9.38. The van der Waals surface area contributed by atoms with Gasteiger partial charge in [0, 0.05) is 11.6 Å². The van der Waals surface area contributed by atoms with Crippen LogP contribution in [0.25, 0.3) is 11.3 Å². The first kappa shape index (κ1) is 23.6. The van der Waals surface area contributed by atoms with Crippen LogP contribution in [0.4, 0.5) is 5.69 Å². The number of nitrogens with zero attached hydrogens (tertiary/aromatic N) is 2. The van der Waals surface area contributed by atoms with E-state index in [1.54, 1.807) is 31.2 Å². The van der Waals surface area contributed by atoms with Crippen LogP contribution >= 0.6 is 0 Å². The van der Waals surface area contributed by atoms with Crippen LogP contribution in [0.1, 0.15) is 36.3 Å². The van der Waals surface area contributed by atoms with Gasteiger partial charge in [0.15, 0.2) is 11.5 Å². The average molecular weight is 487 g/mol. The Balaban J connectivity index is 1.79. The zero-order valence-corrected chi connectivity index (χ0v) is 20.2. The van der Waals surface area contributed by atoms with Gasteiger partial charge in [-0.05, 0) is 56.2 Å². The molecule has 9 nitrogen and oxygen atoms in total. The molecule has 1 atom stereocenters. The van der Waals surface area contributed by atoms with E-state index in [1.165, 1.54) is 23.5 Å².